The van der Waals surface area contributed by atoms with Gasteiger partial charge in [-0.1, -0.05) is 45.4 Å². The zero-order valence-electron chi connectivity index (χ0n) is 15.2. The fourth-order valence-electron chi connectivity index (χ4n) is 2.43. The molecular weight excluding hydrogens is 312 g/mol. The molecule has 0 aliphatic heterocycles. The lowest BCUT2D eigenvalue weighted by atomic mass is 9.98. The lowest BCUT2D eigenvalue weighted by Crippen LogP contribution is -2.25. The molecule has 0 spiro atoms. The van der Waals surface area contributed by atoms with Crippen LogP contribution < -0.4 is 0 Å². The normalized spacial score (nSPS) is 17.9. The molecule has 0 saturated heterocycles. The minimum absolute atomic E-state index is 0.202. The quantitative estimate of drug-likeness (QED) is 0.399. The van der Waals surface area contributed by atoms with E-state index < -0.39 is 12.2 Å². The lowest BCUT2D eigenvalue weighted by molar-refractivity contribution is -0.0396. The van der Waals surface area contributed by atoms with E-state index in [9.17, 15) is 0 Å². The third kappa shape index (κ3) is 15.3. The molecule has 6 heteroatoms. The zero-order valence-corrected chi connectivity index (χ0v) is 15.2. The van der Waals surface area contributed by atoms with E-state index in [-0.39, 0.29) is 26.4 Å². The summed E-state index contributed by atoms with van der Waals surface area (Å²) in [6, 6.07) is 0. The first-order chi connectivity index (χ1) is 11.6. The van der Waals surface area contributed by atoms with Crippen molar-refractivity contribution in [1.82, 2.24) is 0 Å². The van der Waals surface area contributed by atoms with Crippen LogP contribution in [0.25, 0.3) is 0 Å². The predicted molar refractivity (Wildman–Crippen MR) is 94.0 cm³/mol. The largest absolute Gasteiger partial charge is 0.394 e. The summed E-state index contributed by atoms with van der Waals surface area (Å²) in [4.78, 5) is 0. The van der Waals surface area contributed by atoms with E-state index in [0.717, 1.165) is 19.3 Å². The molecule has 2 unspecified atom stereocenters. The van der Waals surface area contributed by atoms with Gasteiger partial charge in [-0.3, -0.25) is 0 Å². The van der Waals surface area contributed by atoms with E-state index in [1.54, 1.807) is 0 Å². The molecule has 0 aromatic rings. The summed E-state index contributed by atoms with van der Waals surface area (Å²) in [7, 11) is 0. The molecule has 0 aromatic heterocycles. The van der Waals surface area contributed by atoms with Gasteiger partial charge in [-0.15, -0.1) is 0 Å². The van der Waals surface area contributed by atoms with Gasteiger partial charge >= 0.3 is 0 Å². The van der Waals surface area contributed by atoms with Crippen LogP contribution >= 0.6 is 0 Å². The highest BCUT2D eigenvalue weighted by atomic mass is 16.5. The topological polar surface area (TPSA) is 99.4 Å². The molecule has 24 heavy (non-hydrogen) atoms. The van der Waals surface area contributed by atoms with Crippen LogP contribution in [0.15, 0.2) is 0 Å². The summed E-state index contributed by atoms with van der Waals surface area (Å²) >= 11 is 0. The van der Waals surface area contributed by atoms with Gasteiger partial charge in [0.05, 0.1) is 32.5 Å². The van der Waals surface area contributed by atoms with Crippen molar-refractivity contribution in [2.45, 2.75) is 83.0 Å². The first kappa shape index (κ1) is 23.8. The Morgan fingerprint density at radius 2 is 1.50 bits per heavy atom. The molecule has 0 radical (unpaired) electrons. The minimum Gasteiger partial charge on any atom is -0.394 e. The van der Waals surface area contributed by atoms with Gasteiger partial charge in [-0.25, -0.2) is 0 Å². The summed E-state index contributed by atoms with van der Waals surface area (Å²) in [5, 5.41) is 34.9. The number of hydrogen-bond acceptors (Lipinski definition) is 6. The van der Waals surface area contributed by atoms with Crippen LogP contribution in [0.3, 0.4) is 0 Å². The molecule has 146 valence electrons. The molecule has 1 aliphatic carbocycles. The molecule has 2 atom stereocenters. The van der Waals surface area contributed by atoms with E-state index in [0.29, 0.717) is 12.7 Å². The van der Waals surface area contributed by atoms with Gasteiger partial charge in [0.2, 0.25) is 0 Å². The summed E-state index contributed by atoms with van der Waals surface area (Å²) in [6.45, 7) is 2.97. The van der Waals surface area contributed by atoms with E-state index in [4.69, 9.17) is 29.9 Å². The van der Waals surface area contributed by atoms with Gasteiger partial charge in [0.15, 0.2) is 0 Å². The third-order valence-corrected chi connectivity index (χ3v) is 3.95. The van der Waals surface area contributed by atoms with E-state index >= 15 is 0 Å². The summed E-state index contributed by atoms with van der Waals surface area (Å²) in [5.41, 5.74) is 0. The van der Waals surface area contributed by atoms with Gasteiger partial charge < -0.3 is 29.9 Å². The first-order valence-corrected chi connectivity index (χ1v) is 9.41. The second-order valence-corrected chi connectivity index (χ2v) is 6.40. The van der Waals surface area contributed by atoms with Crippen molar-refractivity contribution in [2.24, 2.45) is 0 Å². The van der Waals surface area contributed by atoms with Crippen LogP contribution in [-0.4, -0.2) is 71.8 Å². The van der Waals surface area contributed by atoms with Crippen LogP contribution in [-0.2, 0) is 9.47 Å². The average Bonchev–Trinajstić information content (AvgIpc) is 2.63. The maximum absolute atomic E-state index is 9.01. The van der Waals surface area contributed by atoms with E-state index in [2.05, 4.69) is 6.92 Å². The number of rotatable bonds is 12. The van der Waals surface area contributed by atoms with Gasteiger partial charge in [-0.05, 0) is 19.3 Å². The monoisotopic (exact) mass is 350 g/mol. The molecule has 1 rings (SSSR count). The zero-order chi connectivity index (χ0) is 18.0. The molecule has 0 heterocycles. The molecular formula is C18H38O6. The Balaban J connectivity index is 0.000000441. The van der Waals surface area contributed by atoms with Crippen molar-refractivity contribution >= 4 is 0 Å². The van der Waals surface area contributed by atoms with Crippen molar-refractivity contribution in [3.8, 4) is 0 Å². The Hall–Kier alpha value is -0.240. The number of aliphatic hydroxyl groups excluding tert-OH is 4. The van der Waals surface area contributed by atoms with Crippen molar-refractivity contribution in [2.75, 3.05) is 33.0 Å². The number of ether oxygens (including phenoxy) is 2. The number of hydrogen-bond donors (Lipinski definition) is 4. The Morgan fingerprint density at radius 1 is 0.875 bits per heavy atom. The van der Waals surface area contributed by atoms with Crippen molar-refractivity contribution in [3.63, 3.8) is 0 Å². The number of aliphatic hydroxyl groups is 4. The van der Waals surface area contributed by atoms with Crippen LogP contribution in [0.4, 0.5) is 0 Å². The van der Waals surface area contributed by atoms with Gasteiger partial charge in [0.1, 0.15) is 12.2 Å². The standard InChI is InChI=1S/C9H18O3.C9H20O3/c10-6-8(11)7-12-9-4-2-1-3-5-9;1-2-3-4-5-6-12-8-9(11)7-10/h8-11H,1-7H2;9-11H,2-8H2,1H3. The van der Waals surface area contributed by atoms with Gasteiger partial charge in [0, 0.05) is 6.61 Å². The Labute approximate surface area is 146 Å². The third-order valence-electron chi connectivity index (χ3n) is 3.95. The van der Waals surface area contributed by atoms with E-state index in [1.807, 2.05) is 0 Å². The Kier molecular flexibility index (Phi) is 17.4. The van der Waals surface area contributed by atoms with Crippen molar-refractivity contribution in [3.05, 3.63) is 0 Å². The highest BCUT2D eigenvalue weighted by molar-refractivity contribution is 4.65. The molecule has 0 bridgehead atoms. The second-order valence-electron chi connectivity index (χ2n) is 6.40. The summed E-state index contributed by atoms with van der Waals surface area (Å²) in [5.74, 6) is 0. The second kappa shape index (κ2) is 17.6. The van der Waals surface area contributed by atoms with Crippen molar-refractivity contribution in [1.29, 1.82) is 0 Å². The fourth-order valence-corrected chi connectivity index (χ4v) is 2.43. The summed E-state index contributed by atoms with van der Waals surface area (Å²) < 4.78 is 10.5. The molecule has 1 fully saturated rings. The highest BCUT2D eigenvalue weighted by Crippen LogP contribution is 2.20. The Bertz CT molecular complexity index is 246. The van der Waals surface area contributed by atoms with Crippen LogP contribution in [0.2, 0.25) is 0 Å². The SMILES string of the molecule is CCCCCCOCC(O)CO.OCC(O)COC1CCCCC1. The molecule has 0 amide bonds. The fraction of sp³-hybridized carbons (Fsp3) is 1.00. The maximum atomic E-state index is 9.01. The van der Waals surface area contributed by atoms with E-state index in [1.165, 1.54) is 38.5 Å². The smallest absolute Gasteiger partial charge is 0.100 e. The first-order valence-electron chi connectivity index (χ1n) is 9.41. The molecule has 1 aliphatic rings. The minimum atomic E-state index is -0.712. The van der Waals surface area contributed by atoms with Gasteiger partial charge in [-0.2, -0.15) is 0 Å². The molecule has 1 saturated carbocycles. The predicted octanol–water partition coefficient (Wildman–Crippen LogP) is 1.63. The Morgan fingerprint density at radius 3 is 2.08 bits per heavy atom. The summed E-state index contributed by atoms with van der Waals surface area (Å²) in [6.07, 6.45) is 9.60. The van der Waals surface area contributed by atoms with Crippen LogP contribution in [0.5, 0.6) is 0 Å². The van der Waals surface area contributed by atoms with Crippen LogP contribution in [0, 0.1) is 0 Å². The molecule has 0 aromatic carbocycles. The maximum Gasteiger partial charge on any atom is 0.100 e. The average molecular weight is 350 g/mol. The highest BCUT2D eigenvalue weighted by Gasteiger charge is 2.14. The van der Waals surface area contributed by atoms with Crippen LogP contribution in [0.1, 0.15) is 64.7 Å². The van der Waals surface area contributed by atoms with Crippen molar-refractivity contribution < 1.29 is 29.9 Å². The molecule has 4 N–H and O–H groups in total. The lowest BCUT2D eigenvalue weighted by Gasteiger charge is -2.22. The number of unbranched alkanes of at least 4 members (excludes halogenated alkanes) is 3. The molecule has 6 nitrogen and oxygen atoms in total. The van der Waals surface area contributed by atoms with Gasteiger partial charge in [0.25, 0.3) is 0 Å².